The lowest BCUT2D eigenvalue weighted by Gasteiger charge is -2.27. The van der Waals surface area contributed by atoms with Crippen molar-refractivity contribution in [3.8, 4) is 0 Å². The average molecular weight is 352 g/mol. The molecule has 0 bridgehead atoms. The molecule has 0 heterocycles. The maximum atomic E-state index is 12.9. The zero-order valence-electron chi connectivity index (χ0n) is 14.7. The molecule has 0 saturated carbocycles. The normalized spacial score (nSPS) is 19.3. The summed E-state index contributed by atoms with van der Waals surface area (Å²) in [6.45, 7) is 0.461. The van der Waals surface area contributed by atoms with Gasteiger partial charge in [0, 0.05) is 24.2 Å². The molecule has 3 rings (SSSR count). The zero-order chi connectivity index (χ0) is 18.4. The third kappa shape index (κ3) is 4.11. The second-order valence-electron chi connectivity index (χ2n) is 6.54. The van der Waals surface area contributed by atoms with Crippen LogP contribution in [0.25, 0.3) is 10.8 Å². The molecule has 3 N–H and O–H groups in total. The lowest BCUT2D eigenvalue weighted by molar-refractivity contribution is -0.132. The molecule has 0 radical (unpaired) electrons. The van der Waals surface area contributed by atoms with Gasteiger partial charge >= 0.3 is 0 Å². The summed E-state index contributed by atoms with van der Waals surface area (Å²) in [7, 11) is 0. The van der Waals surface area contributed by atoms with E-state index in [9.17, 15) is 9.59 Å². The first kappa shape index (κ1) is 18.1. The van der Waals surface area contributed by atoms with Crippen molar-refractivity contribution in [1.29, 1.82) is 0 Å². The van der Waals surface area contributed by atoms with Gasteiger partial charge in [0.15, 0.2) is 0 Å². The van der Waals surface area contributed by atoms with E-state index in [2.05, 4.69) is 10.6 Å². The van der Waals surface area contributed by atoms with Gasteiger partial charge in [-0.05, 0) is 30.7 Å². The second-order valence-corrected chi connectivity index (χ2v) is 6.54. The summed E-state index contributed by atoms with van der Waals surface area (Å²) in [5, 5.41) is 16.7. The van der Waals surface area contributed by atoms with E-state index in [-0.39, 0.29) is 24.3 Å². The molecule has 5 heteroatoms. The Morgan fingerprint density at radius 2 is 1.65 bits per heavy atom. The van der Waals surface area contributed by atoms with Crippen LogP contribution in [0.5, 0.6) is 0 Å². The van der Waals surface area contributed by atoms with E-state index in [1.54, 1.807) is 0 Å². The summed E-state index contributed by atoms with van der Waals surface area (Å²) in [6.07, 6.45) is 5.54. The van der Waals surface area contributed by atoms with Crippen LogP contribution in [0.15, 0.2) is 54.6 Å². The number of hydrogen-bond donors (Lipinski definition) is 3. The van der Waals surface area contributed by atoms with Gasteiger partial charge in [-0.2, -0.15) is 0 Å². The highest BCUT2D eigenvalue weighted by molar-refractivity contribution is 6.04. The molecular formula is C21H24N2O3. The number of carbonyl (C=O) groups excluding carboxylic acids is 2. The molecule has 26 heavy (non-hydrogen) atoms. The number of fused-ring (bicyclic) bond motifs is 1. The zero-order valence-corrected chi connectivity index (χ0v) is 14.7. The lowest BCUT2D eigenvalue weighted by atomic mass is 9.81. The Labute approximate surface area is 153 Å². The van der Waals surface area contributed by atoms with Gasteiger partial charge in [-0.15, -0.1) is 0 Å². The highest BCUT2D eigenvalue weighted by Gasteiger charge is 2.34. The molecule has 0 spiro atoms. The molecule has 1 aliphatic carbocycles. The Kier molecular flexibility index (Phi) is 6.02. The number of aliphatic hydroxyl groups is 1. The molecular weight excluding hydrogens is 328 g/mol. The topological polar surface area (TPSA) is 78.4 Å². The van der Waals surface area contributed by atoms with Crippen molar-refractivity contribution in [3.63, 3.8) is 0 Å². The van der Waals surface area contributed by atoms with Crippen molar-refractivity contribution in [2.45, 2.75) is 19.3 Å². The highest BCUT2D eigenvalue weighted by Crippen LogP contribution is 2.29. The number of hydrogen-bond acceptors (Lipinski definition) is 3. The fourth-order valence-electron chi connectivity index (χ4n) is 3.38. The molecule has 136 valence electrons. The first-order valence-corrected chi connectivity index (χ1v) is 9.03. The molecule has 2 aromatic carbocycles. The van der Waals surface area contributed by atoms with E-state index in [4.69, 9.17) is 5.11 Å². The van der Waals surface area contributed by atoms with Gasteiger partial charge in [0.05, 0.1) is 11.8 Å². The number of aliphatic hydroxyl groups excluding tert-OH is 1. The van der Waals surface area contributed by atoms with E-state index in [1.165, 1.54) is 0 Å². The van der Waals surface area contributed by atoms with Crippen LogP contribution in [0, 0.1) is 11.8 Å². The number of carbonyl (C=O) groups is 2. The molecule has 5 nitrogen and oxygen atoms in total. The van der Waals surface area contributed by atoms with Gasteiger partial charge in [-0.1, -0.05) is 48.6 Å². The van der Waals surface area contributed by atoms with E-state index >= 15 is 0 Å². The Balaban J connectivity index is 1.74. The monoisotopic (exact) mass is 352 g/mol. The summed E-state index contributed by atoms with van der Waals surface area (Å²) in [4.78, 5) is 25.3. The van der Waals surface area contributed by atoms with Crippen molar-refractivity contribution >= 4 is 28.3 Å². The molecule has 0 saturated heterocycles. The number of nitrogens with one attached hydrogen (secondary N) is 2. The molecule has 2 atom stereocenters. The number of amides is 2. The molecule has 1 aliphatic rings. The Morgan fingerprint density at radius 1 is 0.962 bits per heavy atom. The summed E-state index contributed by atoms with van der Waals surface area (Å²) in [5.74, 6) is -1.03. The maximum Gasteiger partial charge on any atom is 0.228 e. The number of allylic oxidation sites excluding steroid dienone is 2. The molecule has 0 aromatic heterocycles. The van der Waals surface area contributed by atoms with Gasteiger partial charge in [0.2, 0.25) is 11.8 Å². The third-order valence-electron chi connectivity index (χ3n) is 4.79. The van der Waals surface area contributed by atoms with Gasteiger partial charge in [-0.3, -0.25) is 9.59 Å². The summed E-state index contributed by atoms with van der Waals surface area (Å²) >= 11 is 0. The quantitative estimate of drug-likeness (QED) is 0.552. The van der Waals surface area contributed by atoms with Crippen LogP contribution in [-0.2, 0) is 9.59 Å². The Bertz CT molecular complexity index is 811. The van der Waals surface area contributed by atoms with Crippen LogP contribution in [-0.4, -0.2) is 30.1 Å². The average Bonchev–Trinajstić information content (AvgIpc) is 2.68. The van der Waals surface area contributed by atoms with Crippen LogP contribution in [0.4, 0.5) is 5.69 Å². The molecule has 2 amide bonds. The molecule has 2 aromatic rings. The minimum absolute atomic E-state index is 0.0375. The van der Waals surface area contributed by atoms with Crippen LogP contribution in [0.3, 0.4) is 0 Å². The molecule has 0 fully saturated rings. The third-order valence-corrected chi connectivity index (χ3v) is 4.79. The Hall–Kier alpha value is -2.66. The van der Waals surface area contributed by atoms with E-state index in [0.29, 0.717) is 25.8 Å². The minimum Gasteiger partial charge on any atom is -0.396 e. The van der Waals surface area contributed by atoms with Crippen LogP contribution >= 0.6 is 0 Å². The first-order chi connectivity index (χ1) is 12.7. The smallest absolute Gasteiger partial charge is 0.228 e. The van der Waals surface area contributed by atoms with E-state index in [1.807, 2.05) is 54.6 Å². The fraction of sp³-hybridized carbons (Fsp3) is 0.333. The number of rotatable bonds is 6. The largest absolute Gasteiger partial charge is 0.396 e. The van der Waals surface area contributed by atoms with Gasteiger partial charge in [-0.25, -0.2) is 0 Å². The van der Waals surface area contributed by atoms with Crippen molar-refractivity contribution in [2.75, 3.05) is 18.5 Å². The van der Waals surface area contributed by atoms with E-state index in [0.717, 1.165) is 16.5 Å². The summed E-state index contributed by atoms with van der Waals surface area (Å²) in [6, 6.07) is 13.7. The van der Waals surface area contributed by atoms with Crippen molar-refractivity contribution in [1.82, 2.24) is 5.32 Å². The fourth-order valence-corrected chi connectivity index (χ4v) is 3.38. The number of anilines is 1. The lowest BCUT2D eigenvalue weighted by Crippen LogP contribution is -2.41. The summed E-state index contributed by atoms with van der Waals surface area (Å²) in [5.41, 5.74) is 0.766. The van der Waals surface area contributed by atoms with Crippen molar-refractivity contribution in [3.05, 3.63) is 54.6 Å². The van der Waals surface area contributed by atoms with Gasteiger partial charge in [0.25, 0.3) is 0 Å². The van der Waals surface area contributed by atoms with Gasteiger partial charge in [0.1, 0.15) is 0 Å². The molecule has 0 unspecified atom stereocenters. The minimum atomic E-state index is -0.395. The summed E-state index contributed by atoms with van der Waals surface area (Å²) < 4.78 is 0. The number of benzene rings is 2. The van der Waals surface area contributed by atoms with Crippen LogP contribution in [0.1, 0.15) is 19.3 Å². The SMILES string of the molecule is O=C(Nc1cccc2ccccc12)[C@H]1CC=CC[C@H]1C(=O)NCCCO. The van der Waals surface area contributed by atoms with E-state index < -0.39 is 5.92 Å². The molecule has 0 aliphatic heterocycles. The van der Waals surface area contributed by atoms with Crippen LogP contribution < -0.4 is 10.6 Å². The first-order valence-electron chi connectivity index (χ1n) is 9.03. The second kappa shape index (κ2) is 8.63. The highest BCUT2D eigenvalue weighted by atomic mass is 16.3. The van der Waals surface area contributed by atoms with Crippen molar-refractivity contribution < 1.29 is 14.7 Å². The predicted molar refractivity (Wildman–Crippen MR) is 103 cm³/mol. The Morgan fingerprint density at radius 3 is 2.42 bits per heavy atom. The van der Waals surface area contributed by atoms with Crippen molar-refractivity contribution in [2.24, 2.45) is 11.8 Å². The maximum absolute atomic E-state index is 12.9. The standard InChI is InChI=1S/C21H24N2O3/c24-14-6-13-22-20(25)17-10-3-4-11-18(17)21(26)23-19-12-5-8-15-7-1-2-9-16(15)19/h1-5,7-9,12,17-18,24H,6,10-11,13-14H2,(H,22,25)(H,23,26)/t17-,18+/m1/s1. The predicted octanol–water partition coefficient (Wildman–Crippen LogP) is 2.86. The van der Waals surface area contributed by atoms with Gasteiger partial charge < -0.3 is 15.7 Å². The van der Waals surface area contributed by atoms with Crippen LogP contribution in [0.2, 0.25) is 0 Å².